The standard InChI is InChI=1S/C48H52N10O19S/c1-25-38-37(26(2)59)43(63)55(38)39(44(64)65)40(25)78-34-19-35(54(21-34)48(68)77-24-29-7-13-33(14-8-29)58(73)74)42(62)53-18-16-30(20-53)50-41(61)36(60)15-17-49-45(51-46(66)75-22-27-3-9-31(10-4-27)56(69)70)52-47(67)76-23-28-5-11-32(12-6-28)57(71)72/h3-14,25-26,30,34-38,59-60H,15-24H2,1-2H3,(H,50,61)(H,64,65)(H2,49,51,52,66,67)/t25-,26-,30+,34+,35+,36?,37-,38-/m1/s1. The summed E-state index contributed by atoms with van der Waals surface area (Å²) in [6, 6.07) is 13.1. The van der Waals surface area contributed by atoms with Crippen LogP contribution in [0, 0.1) is 42.2 Å². The summed E-state index contributed by atoms with van der Waals surface area (Å²) in [7, 11) is 0. The molecule has 3 aromatic rings. The summed E-state index contributed by atoms with van der Waals surface area (Å²) in [5.41, 5.74) is 0.348. The van der Waals surface area contributed by atoms with Crippen LogP contribution in [0.5, 0.6) is 0 Å². The van der Waals surface area contributed by atoms with Gasteiger partial charge in [0.15, 0.2) is 0 Å². The number of nitro benzene ring substituents is 3. The number of carbonyl (C=O) groups excluding carboxylic acids is 6. The Morgan fingerprint density at radius 1 is 0.782 bits per heavy atom. The maximum atomic E-state index is 14.4. The summed E-state index contributed by atoms with van der Waals surface area (Å²) < 4.78 is 15.9. The zero-order valence-electron chi connectivity index (χ0n) is 41.5. The van der Waals surface area contributed by atoms with E-state index < -0.39 is 110 Å². The molecule has 3 fully saturated rings. The number of benzene rings is 3. The Bertz CT molecular complexity index is 2830. The molecule has 0 aromatic heterocycles. The van der Waals surface area contributed by atoms with Crippen LogP contribution >= 0.6 is 11.8 Å². The normalized spacial score (nSPS) is 21.1. The lowest BCUT2D eigenvalue weighted by molar-refractivity contribution is -0.385. The molecule has 4 aliphatic rings. The molecule has 1 unspecified atom stereocenters. The highest BCUT2D eigenvalue weighted by molar-refractivity contribution is 8.03. The van der Waals surface area contributed by atoms with Gasteiger partial charge in [-0.05, 0) is 72.9 Å². The van der Waals surface area contributed by atoms with Crippen molar-refractivity contribution in [3.63, 3.8) is 0 Å². The Labute approximate surface area is 446 Å². The van der Waals surface area contributed by atoms with E-state index in [1.807, 2.05) is 0 Å². The molecule has 4 heterocycles. The third-order valence-electron chi connectivity index (χ3n) is 13.2. The number of hydrogen-bond donors (Lipinski definition) is 6. The van der Waals surface area contributed by atoms with Crippen LogP contribution in [0.25, 0.3) is 0 Å². The third-order valence-corrected chi connectivity index (χ3v) is 14.7. The van der Waals surface area contributed by atoms with Gasteiger partial charge < -0.3 is 44.6 Å². The van der Waals surface area contributed by atoms with E-state index in [0.717, 1.165) is 16.7 Å². The monoisotopic (exact) mass is 1100 g/mol. The first-order valence-corrected chi connectivity index (χ1v) is 25.0. The van der Waals surface area contributed by atoms with Crippen molar-refractivity contribution < 1.29 is 77.9 Å². The maximum absolute atomic E-state index is 14.4. The molecule has 6 amide bonds. The summed E-state index contributed by atoms with van der Waals surface area (Å²) in [6.07, 6.45) is -6.06. The van der Waals surface area contributed by atoms with Crippen LogP contribution in [0.2, 0.25) is 0 Å². The van der Waals surface area contributed by atoms with Gasteiger partial charge in [-0.2, -0.15) is 0 Å². The van der Waals surface area contributed by atoms with Crippen molar-refractivity contribution in [2.75, 3.05) is 26.2 Å². The van der Waals surface area contributed by atoms with E-state index in [0.29, 0.717) is 21.6 Å². The number of non-ortho nitro benzene ring substituents is 3. The molecule has 414 valence electrons. The van der Waals surface area contributed by atoms with E-state index in [9.17, 15) is 79.2 Å². The average Bonchev–Trinajstić information content (AvgIpc) is 4.33. The van der Waals surface area contributed by atoms with Crippen molar-refractivity contribution in [1.29, 1.82) is 0 Å². The number of β-lactam (4-membered cyclic amide) rings is 1. The number of amides is 6. The quantitative estimate of drug-likeness (QED) is 0.0251. The Balaban J connectivity index is 0.969. The van der Waals surface area contributed by atoms with Crippen LogP contribution in [0.1, 0.15) is 49.8 Å². The van der Waals surface area contributed by atoms with Gasteiger partial charge in [-0.25, -0.2) is 19.2 Å². The van der Waals surface area contributed by atoms with Crippen LogP contribution in [0.3, 0.4) is 0 Å². The number of carboxylic acid groups (broad SMARTS) is 1. The molecule has 0 aliphatic carbocycles. The predicted molar refractivity (Wildman–Crippen MR) is 268 cm³/mol. The number of aliphatic imine (C=N–C) groups is 1. The highest BCUT2D eigenvalue weighted by Gasteiger charge is 2.60. The summed E-state index contributed by atoms with van der Waals surface area (Å²) in [4.78, 5) is 132. The minimum absolute atomic E-state index is 0.0190. The number of rotatable bonds is 19. The number of nitro groups is 3. The molecule has 0 radical (unpaired) electrons. The zero-order chi connectivity index (χ0) is 56.5. The lowest BCUT2D eigenvalue weighted by Gasteiger charge is -2.46. The number of nitrogens with one attached hydrogen (secondary N) is 3. The van der Waals surface area contributed by atoms with Crippen LogP contribution < -0.4 is 16.0 Å². The fourth-order valence-corrected chi connectivity index (χ4v) is 10.8. The molecule has 0 saturated carbocycles. The maximum Gasteiger partial charge on any atom is 0.414 e. The van der Waals surface area contributed by atoms with Crippen molar-refractivity contribution in [1.82, 2.24) is 30.7 Å². The summed E-state index contributed by atoms with van der Waals surface area (Å²) >= 11 is 1.11. The van der Waals surface area contributed by atoms with Gasteiger partial charge in [-0.3, -0.25) is 65.3 Å². The number of hydrogen-bond acceptors (Lipinski definition) is 20. The van der Waals surface area contributed by atoms with Gasteiger partial charge >= 0.3 is 24.2 Å². The molecule has 30 heteroatoms. The van der Waals surface area contributed by atoms with Crippen molar-refractivity contribution in [3.8, 4) is 0 Å². The Morgan fingerprint density at radius 2 is 1.28 bits per heavy atom. The summed E-state index contributed by atoms with van der Waals surface area (Å²) in [6.45, 7) is 1.74. The van der Waals surface area contributed by atoms with E-state index in [1.165, 1.54) is 89.5 Å². The molecule has 78 heavy (non-hydrogen) atoms. The SMILES string of the molecule is C[C@@H](O)[C@H]1C(=O)N2C(C(=O)O)=C(S[C@H]3C[C@@H](C(=O)N4CC[C@H](NC(=O)C(O)CCN=C(NC(=O)OCc5ccc([N+](=O)[O-])cc5)NC(=O)OCc5ccc([N+](=O)[O-])cc5)C4)N(C(=O)OCc4ccc([N+](=O)[O-])cc4)C3)[C@H](C)[C@H]12. The van der Waals surface area contributed by atoms with Gasteiger partial charge in [-0.1, -0.05) is 6.92 Å². The zero-order valence-corrected chi connectivity index (χ0v) is 42.3. The smallest absolute Gasteiger partial charge is 0.414 e. The molecule has 29 nitrogen and oxygen atoms in total. The minimum Gasteiger partial charge on any atom is -0.477 e. The molecular weight excluding hydrogens is 1050 g/mol. The Hall–Kier alpha value is -8.77. The lowest BCUT2D eigenvalue weighted by atomic mass is 9.79. The van der Waals surface area contributed by atoms with E-state index in [1.54, 1.807) is 6.92 Å². The summed E-state index contributed by atoms with van der Waals surface area (Å²) in [5.74, 6) is -5.13. The number of carboxylic acids is 1. The molecule has 6 N–H and O–H groups in total. The van der Waals surface area contributed by atoms with Crippen molar-refractivity contribution in [2.24, 2.45) is 16.8 Å². The van der Waals surface area contributed by atoms with Crippen LogP contribution in [0.4, 0.5) is 31.4 Å². The van der Waals surface area contributed by atoms with E-state index in [2.05, 4.69) is 20.9 Å². The molecule has 4 aliphatic heterocycles. The molecule has 3 aromatic carbocycles. The van der Waals surface area contributed by atoms with Crippen LogP contribution in [-0.4, -0.2) is 154 Å². The molecular formula is C48H52N10O19S. The van der Waals surface area contributed by atoms with Gasteiger partial charge in [-0.15, -0.1) is 11.8 Å². The third kappa shape index (κ3) is 13.6. The highest BCUT2D eigenvalue weighted by atomic mass is 32.2. The number of aliphatic hydroxyl groups is 2. The fraction of sp³-hybridized carbons (Fsp3) is 0.417. The lowest BCUT2D eigenvalue weighted by Crippen LogP contribution is -2.63. The van der Waals surface area contributed by atoms with Gasteiger partial charge in [0.1, 0.15) is 37.7 Å². The second-order valence-electron chi connectivity index (χ2n) is 18.5. The van der Waals surface area contributed by atoms with Gasteiger partial charge in [0.05, 0.1) is 32.8 Å². The van der Waals surface area contributed by atoms with Crippen LogP contribution in [0.15, 0.2) is 88.4 Å². The van der Waals surface area contributed by atoms with E-state index >= 15 is 0 Å². The van der Waals surface area contributed by atoms with Gasteiger partial charge in [0, 0.05) is 91.1 Å². The minimum atomic E-state index is -1.71. The first-order valence-electron chi connectivity index (χ1n) is 24.1. The number of likely N-dealkylation sites (tertiary alicyclic amines) is 2. The number of guanidine groups is 1. The number of thioether (sulfide) groups is 1. The fourth-order valence-electron chi connectivity index (χ4n) is 9.24. The largest absolute Gasteiger partial charge is 0.477 e. The Morgan fingerprint density at radius 3 is 1.76 bits per heavy atom. The first-order chi connectivity index (χ1) is 37.1. The first kappa shape index (κ1) is 56.9. The predicted octanol–water partition coefficient (Wildman–Crippen LogP) is 3.05. The number of alkyl carbamates (subject to hydrolysis) is 2. The molecule has 7 rings (SSSR count). The molecule has 8 atom stereocenters. The number of aliphatic hydroxyl groups excluding tert-OH is 2. The molecule has 0 bridgehead atoms. The Kier molecular flexibility index (Phi) is 18.2. The van der Waals surface area contributed by atoms with E-state index in [4.69, 9.17) is 14.2 Å². The topological polar surface area (TPSA) is 395 Å². The molecule has 3 saturated heterocycles. The second-order valence-corrected chi connectivity index (χ2v) is 19.8. The number of carbonyl (C=O) groups is 7. The van der Waals surface area contributed by atoms with Gasteiger partial charge in [0.25, 0.3) is 17.1 Å². The van der Waals surface area contributed by atoms with Crippen molar-refractivity contribution in [2.45, 2.75) is 88.5 Å². The van der Waals surface area contributed by atoms with Crippen molar-refractivity contribution in [3.05, 3.63) is 130 Å². The number of nitrogens with zero attached hydrogens (tertiary/aromatic N) is 7. The molecule has 0 spiro atoms. The number of ether oxygens (including phenoxy) is 3. The van der Waals surface area contributed by atoms with Crippen LogP contribution in [-0.2, 0) is 53.2 Å². The van der Waals surface area contributed by atoms with Gasteiger partial charge in [0.2, 0.25) is 23.7 Å². The second kappa shape index (κ2) is 24.9. The number of fused-ring (bicyclic) bond motifs is 1. The van der Waals surface area contributed by atoms with Crippen molar-refractivity contribution >= 4 is 76.8 Å². The number of aliphatic carboxylic acids is 1. The highest BCUT2D eigenvalue weighted by Crippen LogP contribution is 2.52. The summed E-state index contributed by atoms with van der Waals surface area (Å²) in [5, 5.41) is 71.1. The average molecular weight is 1110 g/mol. The van der Waals surface area contributed by atoms with E-state index in [-0.39, 0.29) is 88.0 Å².